The summed E-state index contributed by atoms with van der Waals surface area (Å²) in [6.07, 6.45) is 66.2. The molecule has 0 radical (unpaired) electrons. The van der Waals surface area contributed by atoms with E-state index >= 15 is 0 Å². The maximum atomic E-state index is 12.9. The fraction of sp³-hybridized carbons (Fsp3) is 0.726. The van der Waals surface area contributed by atoms with E-state index in [1.165, 1.54) is 109 Å². The van der Waals surface area contributed by atoms with E-state index in [2.05, 4.69) is 98.9 Å². The Hall–Kier alpha value is -3.53. The standard InChI is InChI=1S/C62H107NO8/c1-6-8-10-12-14-16-18-20-22-24-25-26-27-28-29-30-31-32-33-34-35-37-39-41-43-45-47-49-51-53-60(65)71-58(57-70-62(61(66)67)68-55-54-63(3,4)5)56-69-59(64)52-50-48-46-44-42-40-38-36-23-21-19-17-15-13-11-9-7-2/h8,10,14,16,20,22,25-26,28-29,31-32,34-35,58,62H,6-7,9,11-13,15,17-19,21,23-24,27,30,33,36-57H2,1-5H3/b10-8-,16-14-,22-20-,26-25-,29-28-,32-31-,35-34-. The summed E-state index contributed by atoms with van der Waals surface area (Å²) in [6, 6.07) is 0. The number of unbranched alkanes of at least 4 members (excludes halogenated alkanes) is 23. The van der Waals surface area contributed by atoms with Crippen LogP contribution in [0.2, 0.25) is 0 Å². The van der Waals surface area contributed by atoms with Gasteiger partial charge in [0.1, 0.15) is 13.2 Å². The van der Waals surface area contributed by atoms with Gasteiger partial charge in [0.05, 0.1) is 40.3 Å². The topological polar surface area (TPSA) is 111 Å². The van der Waals surface area contributed by atoms with Gasteiger partial charge in [0.15, 0.2) is 12.4 Å². The lowest BCUT2D eigenvalue weighted by Crippen LogP contribution is -2.44. The number of quaternary nitrogens is 1. The first-order chi connectivity index (χ1) is 34.6. The summed E-state index contributed by atoms with van der Waals surface area (Å²) < 4.78 is 22.7. The van der Waals surface area contributed by atoms with Gasteiger partial charge in [-0.3, -0.25) is 9.59 Å². The van der Waals surface area contributed by atoms with Gasteiger partial charge in [-0.05, 0) is 70.6 Å². The molecule has 9 nitrogen and oxygen atoms in total. The van der Waals surface area contributed by atoms with Crippen molar-refractivity contribution in [1.29, 1.82) is 0 Å². The minimum atomic E-state index is -1.63. The van der Waals surface area contributed by atoms with Crippen LogP contribution in [0.25, 0.3) is 0 Å². The number of allylic oxidation sites excluding steroid dienone is 14. The van der Waals surface area contributed by atoms with Crippen LogP contribution in [0, 0.1) is 0 Å². The minimum absolute atomic E-state index is 0.143. The van der Waals surface area contributed by atoms with Crippen LogP contribution in [-0.4, -0.2) is 82.3 Å². The van der Waals surface area contributed by atoms with Crippen molar-refractivity contribution in [3.63, 3.8) is 0 Å². The fourth-order valence-electron chi connectivity index (χ4n) is 7.75. The summed E-state index contributed by atoms with van der Waals surface area (Å²) in [5.74, 6) is -2.30. The first-order valence-corrected chi connectivity index (χ1v) is 28.7. The molecule has 2 unspecified atom stereocenters. The summed E-state index contributed by atoms with van der Waals surface area (Å²) >= 11 is 0. The van der Waals surface area contributed by atoms with Crippen LogP contribution in [0.15, 0.2) is 85.1 Å². The Morgan fingerprint density at radius 1 is 0.437 bits per heavy atom. The molecular weight excluding hydrogens is 887 g/mol. The number of hydrogen-bond donors (Lipinski definition) is 0. The van der Waals surface area contributed by atoms with E-state index in [0.29, 0.717) is 17.4 Å². The Morgan fingerprint density at radius 3 is 1.20 bits per heavy atom. The highest BCUT2D eigenvalue weighted by atomic mass is 16.7. The number of carboxylic acids is 1. The number of hydrogen-bond acceptors (Lipinski definition) is 8. The maximum Gasteiger partial charge on any atom is 0.306 e. The molecule has 0 aliphatic rings. The van der Waals surface area contributed by atoms with Crippen LogP contribution < -0.4 is 5.11 Å². The van der Waals surface area contributed by atoms with Gasteiger partial charge in [0.2, 0.25) is 0 Å². The third-order valence-corrected chi connectivity index (χ3v) is 12.2. The summed E-state index contributed by atoms with van der Waals surface area (Å²) in [5, 5.41) is 11.8. The number of carbonyl (C=O) groups is 3. The lowest BCUT2D eigenvalue weighted by Gasteiger charge is -2.26. The highest BCUT2D eigenvalue weighted by molar-refractivity contribution is 5.70. The molecule has 0 saturated carbocycles. The molecule has 408 valence electrons. The van der Waals surface area contributed by atoms with Gasteiger partial charge >= 0.3 is 11.9 Å². The van der Waals surface area contributed by atoms with Crippen molar-refractivity contribution in [2.24, 2.45) is 0 Å². The normalized spacial score (nSPS) is 13.4. The molecule has 2 atom stereocenters. The molecule has 0 fully saturated rings. The largest absolute Gasteiger partial charge is 0.545 e. The summed E-state index contributed by atoms with van der Waals surface area (Å²) in [7, 11) is 5.91. The average molecular weight is 995 g/mol. The Labute approximate surface area is 436 Å². The van der Waals surface area contributed by atoms with Crippen LogP contribution in [0.4, 0.5) is 0 Å². The number of likely N-dealkylation sites (N-methyl/N-ethyl adjacent to an activating group) is 1. The highest BCUT2D eigenvalue weighted by Gasteiger charge is 2.22. The van der Waals surface area contributed by atoms with Gasteiger partial charge in [-0.15, -0.1) is 0 Å². The molecule has 0 heterocycles. The van der Waals surface area contributed by atoms with Gasteiger partial charge in [-0.1, -0.05) is 234 Å². The second-order valence-corrected chi connectivity index (χ2v) is 20.2. The Morgan fingerprint density at radius 2 is 0.803 bits per heavy atom. The summed E-state index contributed by atoms with van der Waals surface area (Å²) in [4.78, 5) is 37.3. The minimum Gasteiger partial charge on any atom is -0.545 e. The molecule has 0 amide bonds. The molecule has 0 aromatic rings. The van der Waals surface area contributed by atoms with Crippen molar-refractivity contribution in [2.75, 3.05) is 47.5 Å². The van der Waals surface area contributed by atoms with Crippen molar-refractivity contribution in [2.45, 2.75) is 245 Å². The zero-order valence-corrected chi connectivity index (χ0v) is 46.3. The van der Waals surface area contributed by atoms with E-state index in [1.54, 1.807) is 0 Å². The number of nitrogens with zero attached hydrogens (tertiary/aromatic N) is 1. The fourth-order valence-corrected chi connectivity index (χ4v) is 7.75. The third-order valence-electron chi connectivity index (χ3n) is 12.2. The molecule has 0 rings (SSSR count). The van der Waals surface area contributed by atoms with Gasteiger partial charge in [-0.2, -0.15) is 0 Å². The van der Waals surface area contributed by atoms with Crippen molar-refractivity contribution in [3.05, 3.63) is 85.1 Å². The number of rotatable bonds is 52. The average Bonchev–Trinajstić information content (AvgIpc) is 3.34. The number of ether oxygens (including phenoxy) is 4. The predicted molar refractivity (Wildman–Crippen MR) is 297 cm³/mol. The Bertz CT molecular complexity index is 1440. The number of esters is 2. The zero-order valence-electron chi connectivity index (χ0n) is 46.3. The number of aliphatic carboxylic acids is 1. The van der Waals surface area contributed by atoms with E-state index in [-0.39, 0.29) is 38.6 Å². The highest BCUT2D eigenvalue weighted by Crippen LogP contribution is 2.16. The smallest absolute Gasteiger partial charge is 0.306 e. The maximum absolute atomic E-state index is 12.9. The van der Waals surface area contributed by atoms with Crippen molar-refractivity contribution in [1.82, 2.24) is 0 Å². The summed E-state index contributed by atoms with van der Waals surface area (Å²) in [5.41, 5.74) is 0. The van der Waals surface area contributed by atoms with Crippen molar-refractivity contribution < 1.29 is 42.9 Å². The molecule has 0 saturated heterocycles. The van der Waals surface area contributed by atoms with Crippen molar-refractivity contribution in [3.8, 4) is 0 Å². The van der Waals surface area contributed by atoms with Gasteiger partial charge in [0.25, 0.3) is 0 Å². The first-order valence-electron chi connectivity index (χ1n) is 28.7. The van der Waals surface area contributed by atoms with E-state index in [1.807, 2.05) is 21.1 Å². The summed E-state index contributed by atoms with van der Waals surface area (Å²) in [6.45, 7) is 4.63. The van der Waals surface area contributed by atoms with Crippen LogP contribution in [0.1, 0.15) is 232 Å². The van der Waals surface area contributed by atoms with Gasteiger partial charge in [0, 0.05) is 12.8 Å². The van der Waals surface area contributed by atoms with E-state index in [0.717, 1.165) is 89.9 Å². The van der Waals surface area contributed by atoms with Crippen LogP contribution >= 0.6 is 0 Å². The Kier molecular flexibility index (Phi) is 50.2. The van der Waals surface area contributed by atoms with Crippen LogP contribution in [-0.2, 0) is 33.3 Å². The number of carboxylic acid groups (broad SMARTS) is 1. The zero-order chi connectivity index (χ0) is 52.0. The molecule has 71 heavy (non-hydrogen) atoms. The third kappa shape index (κ3) is 54.1. The molecule has 0 bridgehead atoms. The molecular formula is C62H107NO8. The van der Waals surface area contributed by atoms with Gasteiger partial charge < -0.3 is 33.3 Å². The molecule has 0 aliphatic carbocycles. The molecule has 0 aromatic heterocycles. The lowest BCUT2D eigenvalue weighted by molar-refractivity contribution is -0.870. The predicted octanol–water partition coefficient (Wildman–Crippen LogP) is 15.5. The second kappa shape index (κ2) is 52.8. The van der Waals surface area contributed by atoms with Crippen LogP contribution in [0.3, 0.4) is 0 Å². The van der Waals surface area contributed by atoms with E-state index < -0.39 is 24.3 Å². The molecule has 0 aliphatic heterocycles. The Balaban J connectivity index is 4.29. The van der Waals surface area contributed by atoms with E-state index in [4.69, 9.17) is 18.9 Å². The number of carbonyl (C=O) groups excluding carboxylic acids is 3. The monoisotopic (exact) mass is 994 g/mol. The molecule has 9 heteroatoms. The SMILES string of the molecule is CC/C=C\C/C=C\C/C=C\C/C=C\C/C=C\C/C=C\C/C=C\CCCCCCCCCC(=O)OC(COC(=O)CCCCCCCCCCCCCCCCCCC)COC(OCC[N+](C)(C)C)C(=O)[O-]. The molecule has 0 spiro atoms. The van der Waals surface area contributed by atoms with Crippen molar-refractivity contribution >= 4 is 17.9 Å². The van der Waals surface area contributed by atoms with Gasteiger partial charge in [-0.25, -0.2) is 0 Å². The first kappa shape index (κ1) is 67.5. The van der Waals surface area contributed by atoms with Crippen LogP contribution in [0.5, 0.6) is 0 Å². The van der Waals surface area contributed by atoms with E-state index in [9.17, 15) is 19.5 Å². The molecule has 0 aromatic carbocycles. The second-order valence-electron chi connectivity index (χ2n) is 20.2. The quantitative estimate of drug-likeness (QED) is 0.0195. The lowest BCUT2D eigenvalue weighted by atomic mass is 10.0. The molecule has 0 N–H and O–H groups in total.